The number of aromatic nitrogens is 3. The van der Waals surface area contributed by atoms with Crippen LogP contribution in [0, 0.1) is 6.92 Å². The van der Waals surface area contributed by atoms with Crippen LogP contribution in [0.5, 0.6) is 5.75 Å². The fraction of sp³-hybridized carbons (Fsp3) is 0.240. The summed E-state index contributed by atoms with van der Waals surface area (Å²) >= 11 is 1.43. The van der Waals surface area contributed by atoms with E-state index in [1.54, 1.807) is 7.11 Å². The van der Waals surface area contributed by atoms with Crippen molar-refractivity contribution in [3.8, 4) is 28.3 Å². The van der Waals surface area contributed by atoms with Crippen molar-refractivity contribution in [2.45, 2.75) is 32.9 Å². The number of benzene rings is 2. The van der Waals surface area contributed by atoms with Crippen LogP contribution in [-0.4, -0.2) is 22.6 Å². The number of nitrogens with one attached hydrogen (secondary N) is 1. The smallest absolute Gasteiger partial charge is 0.268 e. The van der Waals surface area contributed by atoms with Gasteiger partial charge in [0.15, 0.2) is 17.4 Å². The molecule has 0 bridgehead atoms. The number of imidazole rings is 1. The quantitative estimate of drug-likeness (QED) is 0.446. The molecule has 2 aromatic carbocycles. The first-order valence-electron chi connectivity index (χ1n) is 10.7. The van der Waals surface area contributed by atoms with E-state index in [1.165, 1.54) is 34.0 Å². The van der Waals surface area contributed by atoms with Gasteiger partial charge in [-0.25, -0.2) is 14.1 Å². The molecule has 1 aliphatic heterocycles. The van der Waals surface area contributed by atoms with Gasteiger partial charge in [0.1, 0.15) is 11.9 Å². The van der Waals surface area contributed by atoms with E-state index in [9.17, 15) is 4.79 Å². The fourth-order valence-corrected chi connectivity index (χ4v) is 4.88. The van der Waals surface area contributed by atoms with Gasteiger partial charge in [-0.05, 0) is 37.6 Å². The Bertz CT molecular complexity index is 1260. The maximum Gasteiger partial charge on any atom is 0.268 e. The van der Waals surface area contributed by atoms with Crippen LogP contribution < -0.4 is 14.6 Å². The highest BCUT2D eigenvalue weighted by molar-refractivity contribution is 7.14. The lowest BCUT2D eigenvalue weighted by molar-refractivity contribution is -0.690. The minimum Gasteiger partial charge on any atom is -0.497 e. The molecule has 0 saturated carbocycles. The molecule has 0 spiro atoms. The van der Waals surface area contributed by atoms with Crippen LogP contribution in [0.2, 0.25) is 0 Å². The van der Waals surface area contributed by atoms with Gasteiger partial charge in [0.05, 0.1) is 25.8 Å². The van der Waals surface area contributed by atoms with Crippen molar-refractivity contribution in [3.05, 3.63) is 71.5 Å². The Hall–Kier alpha value is -3.45. The lowest BCUT2D eigenvalue weighted by Gasteiger charge is -2.01. The summed E-state index contributed by atoms with van der Waals surface area (Å²) in [7, 11) is 1.65. The first kappa shape index (κ1) is 20.5. The van der Waals surface area contributed by atoms with E-state index in [4.69, 9.17) is 4.74 Å². The number of nitrogens with zero attached hydrogens (tertiary/aromatic N) is 3. The SMILES string of the molecule is COc1ccc(-c2csc(NC(=O)C[n+]3cc(-c4ccc(C)cc4)n4c3CCC4)n2)cc1. The minimum atomic E-state index is -0.0682. The van der Waals surface area contributed by atoms with Crippen molar-refractivity contribution in [1.29, 1.82) is 0 Å². The van der Waals surface area contributed by atoms with Crippen molar-refractivity contribution >= 4 is 22.4 Å². The third-order valence-corrected chi connectivity index (χ3v) is 6.55. The number of hydrogen-bond acceptors (Lipinski definition) is 4. The van der Waals surface area contributed by atoms with E-state index in [1.807, 2.05) is 29.6 Å². The number of thiazole rings is 1. The first-order valence-corrected chi connectivity index (χ1v) is 11.6. The molecule has 3 heterocycles. The average molecular weight is 446 g/mol. The molecule has 162 valence electrons. The molecule has 32 heavy (non-hydrogen) atoms. The van der Waals surface area contributed by atoms with Crippen LogP contribution in [0.4, 0.5) is 5.13 Å². The lowest BCUT2D eigenvalue weighted by Crippen LogP contribution is -2.42. The Morgan fingerprint density at radius 2 is 1.91 bits per heavy atom. The maximum atomic E-state index is 12.8. The molecule has 7 heteroatoms. The van der Waals surface area contributed by atoms with Crippen LogP contribution in [0.3, 0.4) is 0 Å². The zero-order chi connectivity index (χ0) is 22.1. The molecule has 0 fully saturated rings. The van der Waals surface area contributed by atoms with E-state index in [2.05, 4.69) is 56.8 Å². The maximum absolute atomic E-state index is 12.8. The molecular weight excluding hydrogens is 420 g/mol. The summed E-state index contributed by atoms with van der Waals surface area (Å²) in [6.45, 7) is 3.36. The van der Waals surface area contributed by atoms with Gasteiger partial charge in [0.2, 0.25) is 0 Å². The molecular formula is C25H25N4O2S+. The number of methoxy groups -OCH3 is 1. The monoisotopic (exact) mass is 445 g/mol. The summed E-state index contributed by atoms with van der Waals surface area (Å²) in [5, 5.41) is 5.53. The highest BCUT2D eigenvalue weighted by Gasteiger charge is 2.29. The number of fused-ring (bicyclic) bond motifs is 1. The van der Waals surface area contributed by atoms with Gasteiger partial charge in [-0.15, -0.1) is 11.3 Å². The second-order valence-corrected chi connectivity index (χ2v) is 8.85. The molecule has 4 aromatic rings. The van der Waals surface area contributed by atoms with Crippen molar-refractivity contribution in [1.82, 2.24) is 9.55 Å². The van der Waals surface area contributed by atoms with E-state index in [0.717, 1.165) is 36.4 Å². The molecule has 0 unspecified atom stereocenters. The zero-order valence-corrected chi connectivity index (χ0v) is 19.0. The summed E-state index contributed by atoms with van der Waals surface area (Å²) < 4.78 is 9.62. The summed E-state index contributed by atoms with van der Waals surface area (Å²) in [6.07, 6.45) is 4.19. The van der Waals surface area contributed by atoms with Crippen molar-refractivity contribution in [2.75, 3.05) is 12.4 Å². The van der Waals surface area contributed by atoms with Crippen molar-refractivity contribution in [3.63, 3.8) is 0 Å². The number of carbonyl (C=O) groups excluding carboxylic acids is 1. The lowest BCUT2D eigenvalue weighted by atomic mass is 10.1. The van der Waals surface area contributed by atoms with Crippen LogP contribution in [0.25, 0.3) is 22.5 Å². The summed E-state index contributed by atoms with van der Waals surface area (Å²) in [5.41, 5.74) is 5.42. The van der Waals surface area contributed by atoms with Gasteiger partial charge in [0, 0.05) is 16.5 Å². The number of ether oxygens (including phenoxy) is 1. The van der Waals surface area contributed by atoms with Crippen LogP contribution in [0.1, 0.15) is 17.8 Å². The number of rotatable bonds is 6. The molecule has 5 rings (SSSR count). The van der Waals surface area contributed by atoms with E-state index < -0.39 is 0 Å². The molecule has 2 aromatic heterocycles. The van der Waals surface area contributed by atoms with Gasteiger partial charge in [-0.3, -0.25) is 10.1 Å². The van der Waals surface area contributed by atoms with Gasteiger partial charge in [0.25, 0.3) is 11.7 Å². The standard InChI is InChI=1S/C25H24N4O2S/c1-17-5-7-19(8-6-17)22-14-28(24-4-3-13-29(22)24)15-23(30)27-25-26-21(16-32-25)18-9-11-20(31-2)12-10-18/h5-12,14,16H,3-4,13,15H2,1-2H3/p+1. The third-order valence-electron chi connectivity index (χ3n) is 5.79. The fourth-order valence-electron chi connectivity index (χ4n) is 4.14. The second-order valence-electron chi connectivity index (χ2n) is 7.99. The molecule has 0 aliphatic carbocycles. The van der Waals surface area contributed by atoms with Gasteiger partial charge >= 0.3 is 0 Å². The van der Waals surface area contributed by atoms with Crippen molar-refractivity contribution < 1.29 is 14.1 Å². The van der Waals surface area contributed by atoms with E-state index in [0.29, 0.717) is 5.13 Å². The predicted molar refractivity (Wildman–Crippen MR) is 126 cm³/mol. The normalized spacial score (nSPS) is 12.6. The highest BCUT2D eigenvalue weighted by Crippen LogP contribution is 2.27. The topological polar surface area (TPSA) is 60.0 Å². The second kappa shape index (κ2) is 8.59. The van der Waals surface area contributed by atoms with Crippen LogP contribution >= 0.6 is 11.3 Å². The Morgan fingerprint density at radius 3 is 2.66 bits per heavy atom. The van der Waals surface area contributed by atoms with Gasteiger partial charge in [-0.2, -0.15) is 0 Å². The Balaban J connectivity index is 1.31. The van der Waals surface area contributed by atoms with E-state index >= 15 is 0 Å². The van der Waals surface area contributed by atoms with Crippen LogP contribution in [-0.2, 0) is 24.3 Å². The first-order chi connectivity index (χ1) is 15.6. The van der Waals surface area contributed by atoms with Crippen molar-refractivity contribution in [2.24, 2.45) is 0 Å². The van der Waals surface area contributed by atoms with Gasteiger partial charge < -0.3 is 4.74 Å². The summed E-state index contributed by atoms with van der Waals surface area (Å²) in [4.78, 5) is 17.4. The molecule has 1 aliphatic rings. The molecule has 0 radical (unpaired) electrons. The van der Waals surface area contributed by atoms with Crippen LogP contribution in [0.15, 0.2) is 60.1 Å². The Morgan fingerprint density at radius 1 is 1.16 bits per heavy atom. The molecule has 0 saturated heterocycles. The number of aryl methyl sites for hydroxylation is 1. The summed E-state index contributed by atoms with van der Waals surface area (Å²) in [5.74, 6) is 1.94. The average Bonchev–Trinajstić information content (AvgIpc) is 3.53. The summed E-state index contributed by atoms with van der Waals surface area (Å²) in [6, 6.07) is 16.3. The van der Waals surface area contributed by atoms with E-state index in [-0.39, 0.29) is 12.5 Å². The minimum absolute atomic E-state index is 0.0682. The molecule has 6 nitrogen and oxygen atoms in total. The number of carbonyl (C=O) groups is 1. The van der Waals surface area contributed by atoms with Gasteiger partial charge in [-0.1, -0.05) is 29.8 Å². The Labute approximate surface area is 191 Å². The number of anilines is 1. The zero-order valence-electron chi connectivity index (χ0n) is 18.2. The number of amides is 1. The molecule has 1 amide bonds. The third kappa shape index (κ3) is 4.03. The predicted octanol–water partition coefficient (Wildman–Crippen LogP) is 4.47. The molecule has 0 atom stereocenters. The largest absolute Gasteiger partial charge is 0.497 e. The highest BCUT2D eigenvalue weighted by atomic mass is 32.1. The number of hydrogen-bond donors (Lipinski definition) is 1. The molecule has 1 N–H and O–H groups in total. The Kier molecular flexibility index (Phi) is 5.49.